The van der Waals surface area contributed by atoms with Crippen LogP contribution in [0.2, 0.25) is 0 Å². The fourth-order valence-corrected chi connectivity index (χ4v) is 7.23. The molecule has 0 saturated carbocycles. The van der Waals surface area contributed by atoms with E-state index in [4.69, 9.17) is 21.0 Å². The monoisotopic (exact) mass is 1020 g/mol. The predicted molar refractivity (Wildman–Crippen MR) is 295 cm³/mol. The molecule has 10 nitrogen and oxygen atoms in total. The van der Waals surface area contributed by atoms with Gasteiger partial charge < -0.3 is 36.7 Å². The van der Waals surface area contributed by atoms with E-state index in [9.17, 15) is 37.8 Å². The molecule has 0 amide bonds. The molecule has 1 radical (unpaired) electrons. The Labute approximate surface area is 437 Å². The van der Waals surface area contributed by atoms with Crippen LogP contribution in [0.15, 0.2) is 146 Å². The summed E-state index contributed by atoms with van der Waals surface area (Å²) in [6, 6.07) is 42.7. The van der Waals surface area contributed by atoms with E-state index in [0.29, 0.717) is 23.9 Å². The second kappa shape index (κ2) is 29.2. The first kappa shape index (κ1) is 61.6. The molecule has 0 aromatic heterocycles. The first-order valence-electron chi connectivity index (χ1n) is 23.6. The summed E-state index contributed by atoms with van der Waals surface area (Å²) in [5.74, 6) is -3.01. The lowest BCUT2D eigenvalue weighted by atomic mass is 9.84. The van der Waals surface area contributed by atoms with Crippen molar-refractivity contribution in [3.8, 4) is 22.3 Å². The molecule has 391 valence electrons. The maximum Gasteiger partial charge on any atom is 0.326 e. The van der Waals surface area contributed by atoms with E-state index in [1.807, 2.05) is 119 Å². The van der Waals surface area contributed by atoms with Gasteiger partial charge in [-0.05, 0) is 169 Å². The standard InChI is InChI=1S/C28H29FO3.C23H19FO.C6H5BFO.C4H9NO3.H2O/c1-19-10-11-21(14-15-28(3,18-30)27(31)32)16-23(19)13-12-22-6-5-9-26(20(22)2)24-7-4-8-25(29)17-24;1-16-9-10-18(15-25)13-20(16)12-11-19-5-4-8-23(17(19)2)21-6-3-7-22(24)14-21;8-6-3-1-2-5(4-6)7-9;1-4(5,2-6)3(7)8;/h4-13,16-17,30H,14-15,18H2,1-3H3,(H,31,32);3-15H,1-2H3;1-4,9H;6H,2,5H2,1H3,(H,7,8);1H2/b13-12+;12-11+;;;. The number of aliphatic hydroxyl groups is 2. The molecule has 14 heteroatoms. The Morgan fingerprint density at radius 2 is 1.03 bits per heavy atom. The van der Waals surface area contributed by atoms with Crippen LogP contribution in [0.1, 0.15) is 80.7 Å². The van der Waals surface area contributed by atoms with Crippen molar-refractivity contribution in [2.75, 3.05) is 13.2 Å². The normalized spacial score (nSPS) is 12.3. The summed E-state index contributed by atoms with van der Waals surface area (Å²) in [5, 5.41) is 43.6. The molecule has 0 aliphatic heterocycles. The molecule has 0 bridgehead atoms. The number of carboxylic acid groups (broad SMARTS) is 2. The third-order valence-corrected chi connectivity index (χ3v) is 12.3. The van der Waals surface area contributed by atoms with Crippen molar-refractivity contribution in [3.05, 3.63) is 219 Å². The highest BCUT2D eigenvalue weighted by Gasteiger charge is 2.32. The van der Waals surface area contributed by atoms with Crippen molar-refractivity contribution in [2.45, 2.75) is 59.9 Å². The summed E-state index contributed by atoms with van der Waals surface area (Å²) in [7, 11) is 0.864. The number of rotatable bonds is 15. The van der Waals surface area contributed by atoms with E-state index >= 15 is 0 Å². The van der Waals surface area contributed by atoms with Crippen LogP contribution in [0.5, 0.6) is 0 Å². The average Bonchev–Trinajstić information content (AvgIpc) is 3.38. The number of carbonyl (C=O) groups is 3. The molecule has 7 rings (SSSR count). The number of hydrogen-bond acceptors (Lipinski definition) is 7. The van der Waals surface area contributed by atoms with Crippen molar-refractivity contribution < 1.29 is 58.5 Å². The minimum atomic E-state index is -1.49. The summed E-state index contributed by atoms with van der Waals surface area (Å²) >= 11 is 0. The molecule has 0 heterocycles. The molecular formula is C61H64BF3NO9. The van der Waals surface area contributed by atoms with Crippen molar-refractivity contribution in [3.63, 3.8) is 0 Å². The summed E-state index contributed by atoms with van der Waals surface area (Å²) < 4.78 is 39.4. The van der Waals surface area contributed by atoms with E-state index < -0.39 is 29.5 Å². The summed E-state index contributed by atoms with van der Waals surface area (Å²) in [5.41, 5.74) is 16.9. The van der Waals surface area contributed by atoms with E-state index in [-0.39, 0.29) is 29.5 Å². The molecule has 2 unspecified atom stereocenters. The van der Waals surface area contributed by atoms with Gasteiger partial charge in [-0.15, -0.1) is 0 Å². The van der Waals surface area contributed by atoms with E-state index in [1.165, 1.54) is 37.3 Å². The smallest absolute Gasteiger partial charge is 0.326 e. The highest BCUT2D eigenvalue weighted by molar-refractivity contribution is 6.45. The van der Waals surface area contributed by atoms with Gasteiger partial charge in [0.25, 0.3) is 0 Å². The average molecular weight is 1020 g/mol. The molecule has 9 N–H and O–H groups in total. The molecule has 7 aromatic carbocycles. The number of aliphatic carboxylic acids is 2. The lowest BCUT2D eigenvalue weighted by molar-refractivity contribution is -0.150. The van der Waals surface area contributed by atoms with Crippen LogP contribution < -0.4 is 11.2 Å². The maximum absolute atomic E-state index is 13.7. The largest absolute Gasteiger partial charge is 0.481 e. The quantitative estimate of drug-likeness (QED) is 0.0327. The molecule has 0 aliphatic rings. The molecule has 0 aliphatic carbocycles. The van der Waals surface area contributed by atoms with Gasteiger partial charge in [-0.25, -0.2) is 13.2 Å². The zero-order valence-electron chi connectivity index (χ0n) is 42.8. The Hall–Kier alpha value is -7.72. The molecular weight excluding hydrogens is 958 g/mol. The Balaban J connectivity index is 0.000000303. The van der Waals surface area contributed by atoms with Crippen molar-refractivity contribution in [1.29, 1.82) is 0 Å². The second-order valence-corrected chi connectivity index (χ2v) is 18.2. The number of aryl methyl sites for hydroxylation is 3. The Morgan fingerprint density at radius 1 is 0.573 bits per heavy atom. The summed E-state index contributed by atoms with van der Waals surface area (Å²) in [4.78, 5) is 32.4. The van der Waals surface area contributed by atoms with Gasteiger partial charge in [-0.1, -0.05) is 133 Å². The van der Waals surface area contributed by atoms with Crippen LogP contribution >= 0.6 is 0 Å². The molecule has 0 saturated heterocycles. The van der Waals surface area contributed by atoms with Crippen molar-refractivity contribution in [2.24, 2.45) is 11.1 Å². The molecule has 0 spiro atoms. The zero-order valence-corrected chi connectivity index (χ0v) is 42.8. The first-order chi connectivity index (χ1) is 35.1. The van der Waals surface area contributed by atoms with Gasteiger partial charge >= 0.3 is 19.4 Å². The minimum Gasteiger partial charge on any atom is -0.481 e. The van der Waals surface area contributed by atoms with Gasteiger partial charge in [0, 0.05) is 5.56 Å². The minimum absolute atomic E-state index is 0. The Morgan fingerprint density at radius 3 is 1.43 bits per heavy atom. The van der Waals surface area contributed by atoms with Gasteiger partial charge in [-0.3, -0.25) is 14.4 Å². The van der Waals surface area contributed by atoms with E-state index in [1.54, 1.807) is 37.3 Å². The lowest BCUT2D eigenvalue weighted by Crippen LogP contribution is -2.48. The number of hydrogen-bond donors (Lipinski definition) is 6. The number of carboxylic acids is 2. The van der Waals surface area contributed by atoms with Crippen LogP contribution in [0.3, 0.4) is 0 Å². The van der Waals surface area contributed by atoms with Crippen LogP contribution in [0, 0.1) is 50.6 Å². The summed E-state index contributed by atoms with van der Waals surface area (Å²) in [6.07, 6.45) is 9.94. The number of aldehydes is 1. The highest BCUT2D eigenvalue weighted by Crippen LogP contribution is 2.30. The molecule has 0 fully saturated rings. The molecule has 2 atom stereocenters. The molecule has 75 heavy (non-hydrogen) atoms. The van der Waals surface area contributed by atoms with Gasteiger partial charge in [0.05, 0.1) is 18.6 Å². The maximum atomic E-state index is 13.7. The Kier molecular flexibility index (Phi) is 24.0. The predicted octanol–water partition coefficient (Wildman–Crippen LogP) is 10.4. The number of benzene rings is 7. The second-order valence-electron chi connectivity index (χ2n) is 18.2. The summed E-state index contributed by atoms with van der Waals surface area (Å²) in [6.45, 7) is 10.0. The van der Waals surface area contributed by atoms with Crippen molar-refractivity contribution in [1.82, 2.24) is 0 Å². The van der Waals surface area contributed by atoms with E-state index in [2.05, 4.69) is 18.2 Å². The van der Waals surface area contributed by atoms with Crippen LogP contribution in [-0.4, -0.2) is 75.4 Å². The zero-order chi connectivity index (χ0) is 54.6. The Bertz CT molecular complexity index is 3100. The van der Waals surface area contributed by atoms with Crippen LogP contribution in [-0.2, 0) is 16.0 Å². The number of aliphatic hydroxyl groups excluding tert-OH is 2. The molecule has 7 aromatic rings. The highest BCUT2D eigenvalue weighted by atomic mass is 19.1. The third kappa shape index (κ3) is 18.3. The van der Waals surface area contributed by atoms with Gasteiger partial charge in [0.1, 0.15) is 29.3 Å². The number of halogens is 3. The van der Waals surface area contributed by atoms with Crippen LogP contribution in [0.4, 0.5) is 13.2 Å². The van der Waals surface area contributed by atoms with Gasteiger partial charge in [-0.2, -0.15) is 0 Å². The first-order valence-corrected chi connectivity index (χ1v) is 23.6. The van der Waals surface area contributed by atoms with E-state index in [0.717, 1.165) is 86.1 Å². The van der Waals surface area contributed by atoms with Crippen molar-refractivity contribution >= 4 is 55.5 Å². The fourth-order valence-electron chi connectivity index (χ4n) is 7.23. The van der Waals surface area contributed by atoms with Crippen LogP contribution in [0.25, 0.3) is 46.6 Å². The SMILES string of the molecule is CC(N)(CO)C(=O)O.Cc1ccc(C=O)cc1/C=C/c1cccc(-c2cccc(F)c2)c1C.Cc1ccc(CCC(C)(CO)C(=O)O)cc1/C=C/c1cccc(-c2cccc(F)c2)c1C.O.O[B]c1cccc(F)c1. The van der Waals surface area contributed by atoms with Gasteiger partial charge in [0.2, 0.25) is 0 Å². The fraction of sp³-hybridized carbons (Fsp3) is 0.197. The lowest BCUT2D eigenvalue weighted by Gasteiger charge is -2.21. The number of nitrogens with two attached hydrogens (primary N) is 1. The van der Waals surface area contributed by atoms with Gasteiger partial charge in [0.15, 0.2) is 0 Å². The number of carbonyl (C=O) groups excluding carboxylic acids is 1. The topological polar surface area (TPSA) is 210 Å². The third-order valence-electron chi connectivity index (χ3n) is 12.3.